The SMILES string of the molecule is CC1=C(NC(=O)CCC(C)C)N2CCC[C@]2(O)C1=O. The van der Waals surface area contributed by atoms with Crippen molar-refractivity contribution in [3.05, 3.63) is 11.4 Å². The number of nitrogens with zero attached hydrogens (tertiary/aromatic N) is 1. The number of nitrogens with one attached hydrogen (secondary N) is 1. The predicted molar refractivity (Wildman–Crippen MR) is 70.8 cm³/mol. The Balaban J connectivity index is 2.07. The van der Waals surface area contributed by atoms with Gasteiger partial charge in [0.05, 0.1) is 0 Å². The molecule has 19 heavy (non-hydrogen) atoms. The first-order valence-corrected chi connectivity index (χ1v) is 6.92. The Bertz CT molecular complexity index is 442. The summed E-state index contributed by atoms with van der Waals surface area (Å²) in [6.07, 6.45) is 2.46. The van der Waals surface area contributed by atoms with E-state index in [1.54, 1.807) is 11.8 Å². The van der Waals surface area contributed by atoms with Crippen LogP contribution in [0.25, 0.3) is 0 Å². The smallest absolute Gasteiger partial charge is 0.225 e. The minimum Gasteiger partial charge on any atom is -0.364 e. The van der Waals surface area contributed by atoms with Gasteiger partial charge in [-0.15, -0.1) is 0 Å². The molecule has 2 heterocycles. The molecule has 0 spiro atoms. The number of rotatable bonds is 4. The molecule has 2 rings (SSSR count). The summed E-state index contributed by atoms with van der Waals surface area (Å²) in [4.78, 5) is 25.6. The van der Waals surface area contributed by atoms with Gasteiger partial charge in [0.15, 0.2) is 0 Å². The lowest BCUT2D eigenvalue weighted by molar-refractivity contribution is -0.143. The number of carbonyl (C=O) groups is 2. The normalized spacial score (nSPS) is 26.4. The van der Waals surface area contributed by atoms with Gasteiger partial charge < -0.3 is 15.3 Å². The van der Waals surface area contributed by atoms with Crippen LogP contribution in [0.5, 0.6) is 0 Å². The molecular weight excluding hydrogens is 244 g/mol. The van der Waals surface area contributed by atoms with Crippen LogP contribution in [0.3, 0.4) is 0 Å². The van der Waals surface area contributed by atoms with Gasteiger partial charge in [0.2, 0.25) is 17.4 Å². The van der Waals surface area contributed by atoms with Gasteiger partial charge >= 0.3 is 0 Å². The van der Waals surface area contributed by atoms with Crippen molar-refractivity contribution in [3.63, 3.8) is 0 Å². The van der Waals surface area contributed by atoms with Crippen LogP contribution in [0.15, 0.2) is 11.4 Å². The number of amides is 1. The van der Waals surface area contributed by atoms with Gasteiger partial charge in [-0.3, -0.25) is 9.59 Å². The third-order valence-electron chi connectivity index (χ3n) is 3.89. The van der Waals surface area contributed by atoms with Crippen LogP contribution >= 0.6 is 0 Å². The summed E-state index contributed by atoms with van der Waals surface area (Å²) >= 11 is 0. The molecule has 0 bridgehead atoms. The zero-order valence-corrected chi connectivity index (χ0v) is 11.8. The number of Topliss-reactive ketones (excluding diaryl/α,β-unsaturated/α-hetero) is 1. The van der Waals surface area contributed by atoms with Crippen molar-refractivity contribution in [2.24, 2.45) is 5.92 Å². The summed E-state index contributed by atoms with van der Waals surface area (Å²) < 4.78 is 0. The average Bonchev–Trinajstić information content (AvgIpc) is 2.80. The first-order valence-electron chi connectivity index (χ1n) is 6.92. The van der Waals surface area contributed by atoms with Crippen molar-refractivity contribution >= 4 is 11.7 Å². The summed E-state index contributed by atoms with van der Waals surface area (Å²) in [5.41, 5.74) is -0.954. The van der Waals surface area contributed by atoms with E-state index in [0.717, 1.165) is 12.8 Å². The van der Waals surface area contributed by atoms with Gasteiger partial charge in [0, 0.05) is 25.0 Å². The molecule has 0 aromatic carbocycles. The predicted octanol–water partition coefficient (Wildman–Crippen LogP) is 1.14. The fraction of sp³-hybridized carbons (Fsp3) is 0.714. The van der Waals surface area contributed by atoms with Crippen LogP contribution in [0.4, 0.5) is 0 Å². The molecule has 2 aliphatic rings. The fourth-order valence-corrected chi connectivity index (χ4v) is 2.72. The van der Waals surface area contributed by atoms with E-state index < -0.39 is 5.72 Å². The maximum atomic E-state index is 12.1. The number of carbonyl (C=O) groups excluding carboxylic acids is 2. The molecule has 0 unspecified atom stereocenters. The molecule has 1 fully saturated rings. The Labute approximate surface area is 113 Å². The molecule has 0 aromatic rings. The molecule has 0 aromatic heterocycles. The fourth-order valence-electron chi connectivity index (χ4n) is 2.72. The van der Waals surface area contributed by atoms with Gasteiger partial charge in [-0.1, -0.05) is 13.8 Å². The standard InChI is InChI=1S/C14H22N2O3/c1-9(2)5-6-11(17)15-13-10(3)12(18)14(19)7-4-8-16(13)14/h9,19H,4-8H2,1-3H3,(H,15,17)/t14-/m0/s1. The summed E-state index contributed by atoms with van der Waals surface area (Å²) in [5.74, 6) is 0.602. The molecule has 5 heteroatoms. The van der Waals surface area contributed by atoms with Crippen LogP contribution in [-0.2, 0) is 9.59 Å². The number of ketones is 1. The van der Waals surface area contributed by atoms with Gasteiger partial charge in [-0.05, 0) is 25.7 Å². The summed E-state index contributed by atoms with van der Waals surface area (Å²) in [6, 6.07) is 0. The average molecular weight is 266 g/mol. The van der Waals surface area contributed by atoms with E-state index >= 15 is 0 Å². The molecule has 2 aliphatic heterocycles. The highest BCUT2D eigenvalue weighted by atomic mass is 16.3. The number of aliphatic hydroxyl groups is 1. The number of hydrogen-bond donors (Lipinski definition) is 2. The molecular formula is C14H22N2O3. The molecule has 2 N–H and O–H groups in total. The van der Waals surface area contributed by atoms with Crippen molar-refractivity contribution in [1.82, 2.24) is 10.2 Å². The second-order valence-corrected chi connectivity index (χ2v) is 5.86. The maximum Gasteiger partial charge on any atom is 0.225 e. The van der Waals surface area contributed by atoms with Crippen molar-refractivity contribution in [2.75, 3.05) is 6.54 Å². The molecule has 106 valence electrons. The van der Waals surface area contributed by atoms with E-state index in [1.807, 2.05) is 0 Å². The van der Waals surface area contributed by atoms with Crippen LogP contribution in [0.2, 0.25) is 0 Å². The van der Waals surface area contributed by atoms with Crippen LogP contribution < -0.4 is 5.32 Å². The van der Waals surface area contributed by atoms with Gasteiger partial charge in [0.25, 0.3) is 0 Å². The van der Waals surface area contributed by atoms with Crippen LogP contribution in [0.1, 0.15) is 46.5 Å². The van der Waals surface area contributed by atoms with E-state index in [2.05, 4.69) is 19.2 Å². The number of hydrogen-bond acceptors (Lipinski definition) is 4. The summed E-state index contributed by atoms with van der Waals surface area (Å²) in [6.45, 7) is 6.41. The van der Waals surface area contributed by atoms with Gasteiger partial charge in [0.1, 0.15) is 5.82 Å². The highest BCUT2D eigenvalue weighted by molar-refractivity contribution is 6.05. The second kappa shape index (κ2) is 4.96. The Morgan fingerprint density at radius 1 is 1.53 bits per heavy atom. The van der Waals surface area contributed by atoms with E-state index in [-0.39, 0.29) is 11.7 Å². The Kier molecular flexibility index (Phi) is 3.67. The van der Waals surface area contributed by atoms with Crippen molar-refractivity contribution in [2.45, 2.75) is 52.2 Å². The topological polar surface area (TPSA) is 69.6 Å². The highest BCUT2D eigenvalue weighted by Crippen LogP contribution is 2.39. The molecule has 5 nitrogen and oxygen atoms in total. The van der Waals surface area contributed by atoms with Crippen molar-refractivity contribution < 1.29 is 14.7 Å². The van der Waals surface area contributed by atoms with E-state index in [4.69, 9.17) is 0 Å². The van der Waals surface area contributed by atoms with E-state index in [0.29, 0.717) is 36.7 Å². The monoisotopic (exact) mass is 266 g/mol. The first kappa shape index (κ1) is 14.1. The highest BCUT2D eigenvalue weighted by Gasteiger charge is 2.53. The molecule has 1 atom stereocenters. The van der Waals surface area contributed by atoms with Gasteiger partial charge in [-0.25, -0.2) is 0 Å². The quantitative estimate of drug-likeness (QED) is 0.800. The summed E-state index contributed by atoms with van der Waals surface area (Å²) in [7, 11) is 0. The first-order chi connectivity index (χ1) is 8.86. The molecule has 1 amide bonds. The minimum absolute atomic E-state index is 0.0907. The lowest BCUT2D eigenvalue weighted by Gasteiger charge is -2.28. The summed E-state index contributed by atoms with van der Waals surface area (Å²) in [5, 5.41) is 13.2. The molecule has 0 aliphatic carbocycles. The van der Waals surface area contributed by atoms with E-state index in [1.165, 1.54) is 0 Å². The lowest BCUT2D eigenvalue weighted by Crippen LogP contribution is -2.46. The van der Waals surface area contributed by atoms with Crippen molar-refractivity contribution in [1.29, 1.82) is 0 Å². The Morgan fingerprint density at radius 3 is 2.84 bits per heavy atom. The zero-order valence-electron chi connectivity index (χ0n) is 11.8. The minimum atomic E-state index is -1.41. The second-order valence-electron chi connectivity index (χ2n) is 5.86. The Hall–Kier alpha value is -1.36. The zero-order chi connectivity index (χ0) is 14.2. The Morgan fingerprint density at radius 2 is 2.21 bits per heavy atom. The van der Waals surface area contributed by atoms with Crippen LogP contribution in [0, 0.1) is 5.92 Å². The molecule has 0 saturated carbocycles. The number of fused-ring (bicyclic) bond motifs is 1. The third-order valence-corrected chi connectivity index (χ3v) is 3.89. The van der Waals surface area contributed by atoms with E-state index in [9.17, 15) is 14.7 Å². The van der Waals surface area contributed by atoms with Crippen molar-refractivity contribution in [3.8, 4) is 0 Å². The molecule has 0 radical (unpaired) electrons. The maximum absolute atomic E-state index is 12.1. The lowest BCUT2D eigenvalue weighted by atomic mass is 10.0. The third kappa shape index (κ3) is 2.39. The largest absolute Gasteiger partial charge is 0.364 e. The van der Waals surface area contributed by atoms with Crippen LogP contribution in [-0.4, -0.2) is 34.0 Å². The van der Waals surface area contributed by atoms with Gasteiger partial charge in [-0.2, -0.15) is 0 Å². The molecule has 1 saturated heterocycles.